The first-order valence-electron chi connectivity index (χ1n) is 6.04. The van der Waals surface area contributed by atoms with Gasteiger partial charge in [0.05, 0.1) is 0 Å². The van der Waals surface area contributed by atoms with Gasteiger partial charge in [0.1, 0.15) is 0 Å². The molecule has 0 aliphatic carbocycles. The Labute approximate surface area is 90.3 Å². The number of nitrogens with zero attached hydrogens (tertiary/aromatic N) is 2. The predicted molar refractivity (Wildman–Crippen MR) is 64.8 cm³/mol. The van der Waals surface area contributed by atoms with Gasteiger partial charge in [-0.1, -0.05) is 27.2 Å². The van der Waals surface area contributed by atoms with E-state index in [4.69, 9.17) is 0 Å². The van der Waals surface area contributed by atoms with Gasteiger partial charge in [0, 0.05) is 6.04 Å². The lowest BCUT2D eigenvalue weighted by Gasteiger charge is -2.34. The van der Waals surface area contributed by atoms with Crippen LogP contribution >= 0.6 is 0 Å². The average molecular weight is 200 g/mol. The number of piperidine rings is 1. The van der Waals surface area contributed by atoms with Crippen molar-refractivity contribution in [1.29, 1.82) is 0 Å². The molecule has 0 saturated carbocycles. The predicted octanol–water partition coefficient (Wildman–Crippen LogP) is 2.45. The molecule has 0 N–H and O–H groups in total. The van der Waals surface area contributed by atoms with Crippen LogP contribution in [0, 0.1) is 0 Å². The van der Waals surface area contributed by atoms with Crippen molar-refractivity contribution < 1.29 is 0 Å². The van der Waals surface area contributed by atoms with Crippen LogP contribution in [0.1, 0.15) is 40.0 Å². The molecule has 0 amide bonds. The summed E-state index contributed by atoms with van der Waals surface area (Å²) < 4.78 is 0. The first kappa shape index (κ1) is 13.9. The van der Waals surface area contributed by atoms with Crippen LogP contribution in [0.3, 0.4) is 0 Å². The van der Waals surface area contributed by atoms with Gasteiger partial charge in [0.2, 0.25) is 0 Å². The molecule has 0 bridgehead atoms. The molecule has 86 valence electrons. The molecule has 1 heterocycles. The van der Waals surface area contributed by atoms with Crippen LogP contribution in [0.2, 0.25) is 0 Å². The summed E-state index contributed by atoms with van der Waals surface area (Å²) in [5, 5.41) is 0. The standard InChI is InChI=1S/C9H20N2.C3H8/c1-4-11(3)9-5-7-10(2)8-6-9;1-3-2/h9H,4-8H2,1-3H3;3H2,1-2H3. The highest BCUT2D eigenvalue weighted by Gasteiger charge is 2.18. The Hall–Kier alpha value is -0.0800. The van der Waals surface area contributed by atoms with Crippen LogP contribution in [-0.4, -0.2) is 49.6 Å². The van der Waals surface area contributed by atoms with Crippen LogP contribution in [0.4, 0.5) is 0 Å². The normalized spacial score (nSPS) is 19.3. The number of hydrogen-bond donors (Lipinski definition) is 0. The van der Waals surface area contributed by atoms with Crippen LogP contribution in [-0.2, 0) is 0 Å². The van der Waals surface area contributed by atoms with E-state index in [0.717, 1.165) is 6.04 Å². The summed E-state index contributed by atoms with van der Waals surface area (Å²) in [6, 6.07) is 0.844. The highest BCUT2D eigenvalue weighted by atomic mass is 15.2. The zero-order valence-electron chi connectivity index (χ0n) is 10.7. The molecule has 0 unspecified atom stereocenters. The van der Waals surface area contributed by atoms with E-state index in [9.17, 15) is 0 Å². The van der Waals surface area contributed by atoms with Crippen molar-refractivity contribution in [2.45, 2.75) is 46.1 Å². The van der Waals surface area contributed by atoms with Crippen LogP contribution < -0.4 is 0 Å². The molecule has 1 rings (SSSR count). The van der Waals surface area contributed by atoms with Gasteiger partial charge in [0.15, 0.2) is 0 Å². The monoisotopic (exact) mass is 200 g/mol. The Morgan fingerprint density at radius 3 is 1.93 bits per heavy atom. The minimum atomic E-state index is 0.844. The highest BCUT2D eigenvalue weighted by molar-refractivity contribution is 4.75. The summed E-state index contributed by atoms with van der Waals surface area (Å²) in [6.45, 7) is 10.2. The molecule has 1 fully saturated rings. The van der Waals surface area contributed by atoms with Gasteiger partial charge in [-0.2, -0.15) is 0 Å². The second kappa shape index (κ2) is 8.25. The number of rotatable bonds is 2. The zero-order valence-corrected chi connectivity index (χ0v) is 10.7. The summed E-state index contributed by atoms with van der Waals surface area (Å²) >= 11 is 0. The first-order chi connectivity index (χ1) is 6.65. The Balaban J connectivity index is 0.000000500. The van der Waals surface area contributed by atoms with Gasteiger partial charge in [-0.25, -0.2) is 0 Å². The van der Waals surface area contributed by atoms with Gasteiger partial charge >= 0.3 is 0 Å². The summed E-state index contributed by atoms with van der Waals surface area (Å²) in [4.78, 5) is 4.88. The fraction of sp³-hybridized carbons (Fsp3) is 1.00. The van der Waals surface area contributed by atoms with Crippen LogP contribution in [0.5, 0.6) is 0 Å². The molecule has 14 heavy (non-hydrogen) atoms. The maximum atomic E-state index is 2.47. The molecular formula is C12H28N2. The fourth-order valence-corrected chi connectivity index (χ4v) is 1.69. The minimum Gasteiger partial charge on any atom is -0.306 e. The summed E-state index contributed by atoms with van der Waals surface area (Å²) in [6.07, 6.45) is 3.95. The molecule has 0 radical (unpaired) electrons. The van der Waals surface area contributed by atoms with Crippen molar-refractivity contribution in [2.24, 2.45) is 0 Å². The van der Waals surface area contributed by atoms with E-state index < -0.39 is 0 Å². The Bertz CT molecular complexity index is 117. The van der Waals surface area contributed by atoms with Gasteiger partial charge in [-0.3, -0.25) is 0 Å². The Kier molecular flexibility index (Phi) is 8.20. The quantitative estimate of drug-likeness (QED) is 0.675. The van der Waals surface area contributed by atoms with E-state index >= 15 is 0 Å². The topological polar surface area (TPSA) is 6.48 Å². The third-order valence-electron chi connectivity index (χ3n) is 2.81. The number of hydrogen-bond acceptors (Lipinski definition) is 2. The molecule has 2 nitrogen and oxygen atoms in total. The van der Waals surface area contributed by atoms with E-state index in [-0.39, 0.29) is 0 Å². The van der Waals surface area contributed by atoms with Gasteiger partial charge in [-0.05, 0) is 46.6 Å². The maximum Gasteiger partial charge on any atom is 0.0116 e. The Morgan fingerprint density at radius 2 is 1.57 bits per heavy atom. The third kappa shape index (κ3) is 5.61. The molecule has 1 saturated heterocycles. The summed E-state index contributed by atoms with van der Waals surface area (Å²) in [5.74, 6) is 0. The van der Waals surface area contributed by atoms with Crippen molar-refractivity contribution >= 4 is 0 Å². The van der Waals surface area contributed by atoms with Gasteiger partial charge in [0.25, 0.3) is 0 Å². The molecular weight excluding hydrogens is 172 g/mol. The lowest BCUT2D eigenvalue weighted by atomic mass is 10.0. The average Bonchev–Trinajstić information content (AvgIpc) is 2.19. The molecule has 0 aromatic heterocycles. The second-order valence-electron chi connectivity index (χ2n) is 4.31. The molecule has 2 heteroatoms. The van der Waals surface area contributed by atoms with Crippen LogP contribution in [0.25, 0.3) is 0 Å². The first-order valence-corrected chi connectivity index (χ1v) is 6.04. The van der Waals surface area contributed by atoms with Crippen molar-refractivity contribution in [3.8, 4) is 0 Å². The fourth-order valence-electron chi connectivity index (χ4n) is 1.69. The largest absolute Gasteiger partial charge is 0.306 e. The Morgan fingerprint density at radius 1 is 1.14 bits per heavy atom. The molecule has 0 spiro atoms. The molecule has 0 atom stereocenters. The minimum absolute atomic E-state index is 0.844. The van der Waals surface area contributed by atoms with E-state index in [1.165, 1.54) is 38.9 Å². The lowest BCUT2D eigenvalue weighted by molar-refractivity contribution is 0.149. The van der Waals surface area contributed by atoms with Crippen molar-refractivity contribution in [2.75, 3.05) is 33.7 Å². The van der Waals surface area contributed by atoms with E-state index in [0.29, 0.717) is 0 Å². The molecule has 1 aliphatic rings. The van der Waals surface area contributed by atoms with Gasteiger partial charge < -0.3 is 9.80 Å². The maximum absolute atomic E-state index is 2.47. The zero-order chi connectivity index (χ0) is 11.0. The highest BCUT2D eigenvalue weighted by Crippen LogP contribution is 2.13. The SMILES string of the molecule is CCC.CCN(C)C1CCN(C)CC1. The van der Waals surface area contributed by atoms with Crippen molar-refractivity contribution in [1.82, 2.24) is 9.80 Å². The lowest BCUT2D eigenvalue weighted by Crippen LogP contribution is -2.41. The van der Waals surface area contributed by atoms with Crippen molar-refractivity contribution in [3.05, 3.63) is 0 Å². The third-order valence-corrected chi connectivity index (χ3v) is 2.81. The smallest absolute Gasteiger partial charge is 0.0116 e. The van der Waals surface area contributed by atoms with Crippen molar-refractivity contribution in [3.63, 3.8) is 0 Å². The molecule has 0 aromatic rings. The molecule has 1 aliphatic heterocycles. The van der Waals surface area contributed by atoms with Crippen LogP contribution in [0.15, 0.2) is 0 Å². The summed E-state index contributed by atoms with van der Waals surface area (Å²) in [7, 11) is 4.44. The number of likely N-dealkylation sites (tertiary alicyclic amines) is 1. The van der Waals surface area contributed by atoms with Gasteiger partial charge in [-0.15, -0.1) is 0 Å². The van der Waals surface area contributed by atoms with E-state index in [1.54, 1.807) is 0 Å². The second-order valence-corrected chi connectivity index (χ2v) is 4.31. The molecule has 0 aromatic carbocycles. The van der Waals surface area contributed by atoms with E-state index in [2.05, 4.69) is 44.7 Å². The summed E-state index contributed by atoms with van der Waals surface area (Å²) in [5.41, 5.74) is 0. The van der Waals surface area contributed by atoms with E-state index in [1.807, 2.05) is 0 Å².